The summed E-state index contributed by atoms with van der Waals surface area (Å²) >= 11 is 0. The van der Waals surface area contributed by atoms with Crippen molar-refractivity contribution in [2.24, 2.45) is 5.92 Å². The fraction of sp³-hybridized carbons (Fsp3) is 0.538. The highest BCUT2D eigenvalue weighted by atomic mass is 16.4. The molecule has 0 bridgehead atoms. The number of rotatable bonds is 5. The van der Waals surface area contributed by atoms with Gasteiger partial charge in [-0.1, -0.05) is 0 Å². The molecular weight excluding hydrogens is 220 g/mol. The Bertz CT molecular complexity index is 478. The van der Waals surface area contributed by atoms with Gasteiger partial charge in [0.25, 0.3) is 0 Å². The Morgan fingerprint density at radius 1 is 1.35 bits per heavy atom. The van der Waals surface area contributed by atoms with Gasteiger partial charge < -0.3 is 9.52 Å². The smallest absolute Gasteiger partial charge is 0.340 e. The van der Waals surface area contributed by atoms with E-state index in [1.54, 1.807) is 0 Å². The fourth-order valence-electron chi connectivity index (χ4n) is 2.24. The van der Waals surface area contributed by atoms with Crippen molar-refractivity contribution >= 4 is 12.3 Å². The summed E-state index contributed by atoms with van der Waals surface area (Å²) in [7, 11) is 0. The zero-order chi connectivity index (χ0) is 12.0. The molecule has 17 heavy (non-hydrogen) atoms. The highest BCUT2D eigenvalue weighted by molar-refractivity contribution is 5.99. The van der Waals surface area contributed by atoms with Crippen LogP contribution in [-0.4, -0.2) is 17.4 Å². The van der Waals surface area contributed by atoms with Crippen LogP contribution in [-0.2, 0) is 6.42 Å². The summed E-state index contributed by atoms with van der Waals surface area (Å²) in [6.07, 6.45) is 5.56. The number of carbonyl (C=O) groups is 2. The molecule has 1 N–H and O–H groups in total. The Balaban J connectivity index is 2.04. The molecule has 2 aliphatic rings. The van der Waals surface area contributed by atoms with E-state index in [1.807, 2.05) is 0 Å². The van der Waals surface area contributed by atoms with Gasteiger partial charge in [0, 0.05) is 12.3 Å². The molecule has 2 aliphatic carbocycles. The van der Waals surface area contributed by atoms with Gasteiger partial charge in [0.05, 0.1) is 5.56 Å². The molecule has 0 radical (unpaired) electrons. The van der Waals surface area contributed by atoms with Gasteiger partial charge in [-0.05, 0) is 31.6 Å². The summed E-state index contributed by atoms with van der Waals surface area (Å²) in [6.45, 7) is 0. The third kappa shape index (κ3) is 1.88. The van der Waals surface area contributed by atoms with E-state index in [4.69, 9.17) is 4.42 Å². The lowest BCUT2D eigenvalue weighted by molar-refractivity contribution is 0.0691. The third-order valence-corrected chi connectivity index (χ3v) is 3.50. The van der Waals surface area contributed by atoms with Crippen LogP contribution >= 0.6 is 0 Å². The Labute approximate surface area is 98.6 Å². The first-order valence-corrected chi connectivity index (χ1v) is 6.04. The van der Waals surface area contributed by atoms with E-state index in [9.17, 15) is 14.7 Å². The quantitative estimate of drug-likeness (QED) is 0.795. The number of furan rings is 1. The molecule has 0 unspecified atom stereocenters. The lowest BCUT2D eigenvalue weighted by Crippen LogP contribution is -2.03. The first kappa shape index (κ1) is 10.6. The van der Waals surface area contributed by atoms with Gasteiger partial charge in [-0.2, -0.15) is 0 Å². The first-order valence-electron chi connectivity index (χ1n) is 6.04. The molecule has 1 aromatic rings. The maximum atomic E-state index is 11.2. The number of aromatic carboxylic acids is 1. The maximum absolute atomic E-state index is 11.2. The molecule has 90 valence electrons. The first-order chi connectivity index (χ1) is 8.20. The molecule has 3 rings (SSSR count). The second-order valence-electron chi connectivity index (χ2n) is 5.02. The number of hydrogen-bond donors (Lipinski definition) is 1. The Hall–Kier alpha value is -1.58. The standard InChI is InChI=1S/C13H14O4/c14-6-9-11(13(15)16)10(5-7-1-2-7)17-12(9)8-3-4-8/h6-8H,1-5H2,(H,15,16). The molecule has 2 fully saturated rings. The normalized spacial score (nSPS) is 19.3. The Kier molecular flexibility index (Phi) is 2.31. The van der Waals surface area contributed by atoms with Crippen LogP contribution < -0.4 is 0 Å². The second kappa shape index (κ2) is 3.72. The van der Waals surface area contributed by atoms with Gasteiger partial charge in [0.15, 0.2) is 6.29 Å². The molecule has 0 amide bonds. The van der Waals surface area contributed by atoms with Crippen LogP contribution in [0.3, 0.4) is 0 Å². The molecular formula is C13H14O4. The molecule has 0 spiro atoms. The van der Waals surface area contributed by atoms with Crippen LogP contribution in [0, 0.1) is 5.92 Å². The van der Waals surface area contributed by atoms with Crippen molar-refractivity contribution < 1.29 is 19.1 Å². The van der Waals surface area contributed by atoms with E-state index in [0.717, 1.165) is 25.7 Å². The molecule has 0 aromatic carbocycles. The van der Waals surface area contributed by atoms with Gasteiger partial charge >= 0.3 is 5.97 Å². The van der Waals surface area contributed by atoms with Crippen LogP contribution in [0.4, 0.5) is 0 Å². The molecule has 4 heteroatoms. The van der Waals surface area contributed by atoms with Crippen LogP contribution in [0.1, 0.15) is 63.8 Å². The van der Waals surface area contributed by atoms with Gasteiger partial charge in [0.2, 0.25) is 0 Å². The zero-order valence-corrected chi connectivity index (χ0v) is 9.44. The highest BCUT2D eigenvalue weighted by Gasteiger charge is 2.36. The van der Waals surface area contributed by atoms with Crippen LogP contribution in [0.25, 0.3) is 0 Å². The van der Waals surface area contributed by atoms with Crippen molar-refractivity contribution in [3.63, 3.8) is 0 Å². The van der Waals surface area contributed by atoms with Crippen molar-refractivity contribution in [2.75, 3.05) is 0 Å². The van der Waals surface area contributed by atoms with Crippen molar-refractivity contribution in [3.8, 4) is 0 Å². The van der Waals surface area contributed by atoms with Gasteiger partial charge in [-0.3, -0.25) is 4.79 Å². The minimum absolute atomic E-state index is 0.105. The monoisotopic (exact) mass is 234 g/mol. The second-order valence-corrected chi connectivity index (χ2v) is 5.02. The molecule has 0 saturated heterocycles. The number of aldehydes is 1. The number of carbonyl (C=O) groups excluding carboxylic acids is 1. The van der Waals surface area contributed by atoms with Gasteiger partial charge in [-0.15, -0.1) is 0 Å². The van der Waals surface area contributed by atoms with E-state index in [1.165, 1.54) is 0 Å². The topological polar surface area (TPSA) is 67.5 Å². The van der Waals surface area contributed by atoms with Crippen molar-refractivity contribution in [1.29, 1.82) is 0 Å². The van der Waals surface area contributed by atoms with Crippen LogP contribution in [0.5, 0.6) is 0 Å². The Morgan fingerprint density at radius 2 is 2.06 bits per heavy atom. The van der Waals surface area contributed by atoms with E-state index < -0.39 is 5.97 Å². The number of carboxylic acid groups (broad SMARTS) is 1. The summed E-state index contributed by atoms with van der Waals surface area (Å²) in [5.41, 5.74) is 0.379. The molecule has 1 heterocycles. The van der Waals surface area contributed by atoms with E-state index in [0.29, 0.717) is 30.1 Å². The molecule has 2 saturated carbocycles. The molecule has 0 aliphatic heterocycles. The lowest BCUT2D eigenvalue weighted by atomic mass is 10.1. The predicted molar refractivity (Wildman–Crippen MR) is 59.5 cm³/mol. The maximum Gasteiger partial charge on any atom is 0.340 e. The minimum Gasteiger partial charge on any atom is -0.478 e. The average molecular weight is 234 g/mol. The number of carboxylic acids is 1. The lowest BCUT2D eigenvalue weighted by Gasteiger charge is -1.96. The predicted octanol–water partition coefficient (Wildman–Crippen LogP) is 2.62. The third-order valence-electron chi connectivity index (χ3n) is 3.50. The fourth-order valence-corrected chi connectivity index (χ4v) is 2.24. The zero-order valence-electron chi connectivity index (χ0n) is 9.44. The van der Waals surface area contributed by atoms with Crippen molar-refractivity contribution in [2.45, 2.75) is 38.0 Å². The summed E-state index contributed by atoms with van der Waals surface area (Å²) < 4.78 is 5.66. The SMILES string of the molecule is O=Cc1c(C2CC2)oc(CC2CC2)c1C(=O)O. The highest BCUT2D eigenvalue weighted by Crippen LogP contribution is 2.45. The molecule has 1 aromatic heterocycles. The van der Waals surface area contributed by atoms with Crippen molar-refractivity contribution in [1.82, 2.24) is 0 Å². The van der Waals surface area contributed by atoms with E-state index in [2.05, 4.69) is 0 Å². The van der Waals surface area contributed by atoms with Gasteiger partial charge in [-0.25, -0.2) is 4.79 Å². The average Bonchev–Trinajstić information content (AvgIpc) is 3.15. The van der Waals surface area contributed by atoms with Crippen LogP contribution in [0.2, 0.25) is 0 Å². The number of hydrogen-bond acceptors (Lipinski definition) is 3. The molecule has 0 atom stereocenters. The summed E-state index contributed by atoms with van der Waals surface area (Å²) in [4.78, 5) is 22.3. The largest absolute Gasteiger partial charge is 0.478 e. The van der Waals surface area contributed by atoms with Crippen LogP contribution in [0.15, 0.2) is 4.42 Å². The van der Waals surface area contributed by atoms with Gasteiger partial charge in [0.1, 0.15) is 17.1 Å². The minimum atomic E-state index is -1.04. The van der Waals surface area contributed by atoms with E-state index >= 15 is 0 Å². The summed E-state index contributed by atoms with van der Waals surface area (Å²) in [5, 5.41) is 9.21. The Morgan fingerprint density at radius 3 is 2.53 bits per heavy atom. The van der Waals surface area contributed by atoms with E-state index in [-0.39, 0.29) is 17.0 Å². The molecule has 4 nitrogen and oxygen atoms in total. The summed E-state index contributed by atoms with van der Waals surface area (Å²) in [6, 6.07) is 0. The van der Waals surface area contributed by atoms with Crippen molar-refractivity contribution in [3.05, 3.63) is 22.6 Å². The summed E-state index contributed by atoms with van der Waals surface area (Å²) in [5.74, 6) is 0.877.